The highest BCUT2D eigenvalue weighted by atomic mass is 19.1. The number of rotatable bonds is 5. The van der Waals surface area contributed by atoms with Crippen LogP contribution in [0.2, 0.25) is 0 Å². The number of nitrogens with zero attached hydrogens (tertiary/aromatic N) is 1. The number of aliphatic hydroxyl groups is 1. The fourth-order valence-electron chi connectivity index (χ4n) is 4.35. The molecule has 3 nitrogen and oxygen atoms in total. The molecule has 0 bridgehead atoms. The number of aliphatic hydroxyl groups excluding tert-OH is 1. The van der Waals surface area contributed by atoms with Crippen LogP contribution in [0.5, 0.6) is 0 Å². The van der Waals surface area contributed by atoms with E-state index in [4.69, 9.17) is 0 Å². The molecule has 134 valence electrons. The lowest BCUT2D eigenvalue weighted by Gasteiger charge is -2.42. The Kier molecular flexibility index (Phi) is 6.25. The molecule has 4 heteroatoms. The van der Waals surface area contributed by atoms with Gasteiger partial charge in [-0.2, -0.15) is 0 Å². The van der Waals surface area contributed by atoms with Crippen molar-refractivity contribution in [2.24, 2.45) is 0 Å². The van der Waals surface area contributed by atoms with Crippen LogP contribution in [0.25, 0.3) is 0 Å². The highest BCUT2D eigenvalue weighted by Gasteiger charge is 2.31. The van der Waals surface area contributed by atoms with Gasteiger partial charge in [-0.15, -0.1) is 0 Å². The Bertz CT molecular complexity index is 499. The molecule has 0 radical (unpaired) electrons. The Morgan fingerprint density at radius 3 is 2.46 bits per heavy atom. The molecule has 0 spiro atoms. The lowest BCUT2D eigenvalue weighted by atomic mass is 9.89. The molecule has 24 heavy (non-hydrogen) atoms. The minimum absolute atomic E-state index is 0.124. The molecule has 3 atom stereocenters. The summed E-state index contributed by atoms with van der Waals surface area (Å²) in [7, 11) is 0. The number of benzene rings is 1. The number of likely N-dealkylation sites (tertiary alicyclic amines) is 1. The van der Waals surface area contributed by atoms with Crippen molar-refractivity contribution >= 4 is 0 Å². The third-order valence-corrected chi connectivity index (χ3v) is 5.67. The van der Waals surface area contributed by atoms with Crippen molar-refractivity contribution in [2.45, 2.75) is 76.1 Å². The molecule has 3 unspecified atom stereocenters. The van der Waals surface area contributed by atoms with E-state index < -0.39 is 0 Å². The SMILES string of the molecule is CC(Cc1ccc(F)cc1)NC1CCN(C2CCCCC2O)CC1. The van der Waals surface area contributed by atoms with Crippen molar-refractivity contribution in [3.63, 3.8) is 0 Å². The first kappa shape index (κ1) is 17.8. The second-order valence-corrected chi connectivity index (χ2v) is 7.63. The summed E-state index contributed by atoms with van der Waals surface area (Å²) in [5.41, 5.74) is 1.18. The zero-order valence-corrected chi connectivity index (χ0v) is 14.8. The molecule has 1 saturated heterocycles. The minimum atomic E-state index is -0.170. The molecular weight excluding hydrogens is 303 g/mol. The molecule has 1 aromatic carbocycles. The van der Waals surface area contributed by atoms with Crippen LogP contribution in [-0.4, -0.2) is 47.3 Å². The first-order chi connectivity index (χ1) is 11.6. The molecular formula is C20H31FN2O. The highest BCUT2D eigenvalue weighted by molar-refractivity contribution is 5.17. The van der Waals surface area contributed by atoms with Gasteiger partial charge in [0.05, 0.1) is 6.10 Å². The van der Waals surface area contributed by atoms with Gasteiger partial charge >= 0.3 is 0 Å². The van der Waals surface area contributed by atoms with Crippen LogP contribution < -0.4 is 5.32 Å². The molecule has 1 heterocycles. The largest absolute Gasteiger partial charge is 0.391 e. The quantitative estimate of drug-likeness (QED) is 0.868. The Labute approximate surface area is 145 Å². The first-order valence-corrected chi connectivity index (χ1v) is 9.54. The van der Waals surface area contributed by atoms with Crippen molar-refractivity contribution < 1.29 is 9.50 Å². The Balaban J connectivity index is 1.42. The van der Waals surface area contributed by atoms with E-state index >= 15 is 0 Å². The van der Waals surface area contributed by atoms with E-state index in [1.165, 1.54) is 30.5 Å². The summed E-state index contributed by atoms with van der Waals surface area (Å²) in [6.07, 6.45) is 7.67. The number of hydrogen-bond donors (Lipinski definition) is 2. The van der Waals surface area contributed by atoms with E-state index in [0.29, 0.717) is 18.1 Å². The summed E-state index contributed by atoms with van der Waals surface area (Å²) in [5, 5.41) is 14.0. The van der Waals surface area contributed by atoms with Gasteiger partial charge in [-0.3, -0.25) is 4.90 Å². The number of hydrogen-bond acceptors (Lipinski definition) is 3. The normalized spacial score (nSPS) is 28.0. The molecule has 0 aromatic heterocycles. The van der Waals surface area contributed by atoms with Gasteiger partial charge in [0.1, 0.15) is 5.82 Å². The lowest BCUT2D eigenvalue weighted by Crippen LogP contribution is -2.52. The average molecular weight is 334 g/mol. The second kappa shape index (κ2) is 8.41. The summed E-state index contributed by atoms with van der Waals surface area (Å²) in [4.78, 5) is 2.51. The summed E-state index contributed by atoms with van der Waals surface area (Å²) in [6, 6.07) is 8.16. The molecule has 2 aliphatic rings. The molecule has 0 amide bonds. The van der Waals surface area contributed by atoms with E-state index in [0.717, 1.165) is 45.2 Å². The summed E-state index contributed by atoms with van der Waals surface area (Å²) >= 11 is 0. The maximum absolute atomic E-state index is 13.0. The Morgan fingerprint density at radius 2 is 1.79 bits per heavy atom. The van der Waals surface area contributed by atoms with E-state index in [1.807, 2.05) is 12.1 Å². The Morgan fingerprint density at radius 1 is 1.12 bits per heavy atom. The van der Waals surface area contributed by atoms with Crippen LogP contribution in [0.1, 0.15) is 51.0 Å². The first-order valence-electron chi connectivity index (χ1n) is 9.54. The van der Waals surface area contributed by atoms with Crippen molar-refractivity contribution in [1.29, 1.82) is 0 Å². The molecule has 1 aliphatic heterocycles. The van der Waals surface area contributed by atoms with Crippen molar-refractivity contribution in [2.75, 3.05) is 13.1 Å². The van der Waals surface area contributed by atoms with Crippen LogP contribution >= 0.6 is 0 Å². The fourth-order valence-corrected chi connectivity index (χ4v) is 4.35. The van der Waals surface area contributed by atoms with Gasteiger partial charge in [-0.1, -0.05) is 25.0 Å². The highest BCUT2D eigenvalue weighted by Crippen LogP contribution is 2.26. The third-order valence-electron chi connectivity index (χ3n) is 5.67. The van der Waals surface area contributed by atoms with Gasteiger partial charge in [0, 0.05) is 31.2 Å². The maximum Gasteiger partial charge on any atom is 0.123 e. The Hall–Kier alpha value is -0.970. The van der Waals surface area contributed by atoms with E-state index in [2.05, 4.69) is 17.1 Å². The lowest BCUT2D eigenvalue weighted by molar-refractivity contribution is 0.00672. The fraction of sp³-hybridized carbons (Fsp3) is 0.700. The zero-order chi connectivity index (χ0) is 16.9. The summed E-state index contributed by atoms with van der Waals surface area (Å²) in [5.74, 6) is -0.170. The molecule has 2 fully saturated rings. The van der Waals surface area contributed by atoms with E-state index in [-0.39, 0.29) is 11.9 Å². The van der Waals surface area contributed by atoms with Gasteiger partial charge in [0.25, 0.3) is 0 Å². The van der Waals surface area contributed by atoms with Crippen molar-refractivity contribution in [3.05, 3.63) is 35.6 Å². The van der Waals surface area contributed by atoms with Crippen molar-refractivity contribution in [3.8, 4) is 0 Å². The van der Waals surface area contributed by atoms with Crippen LogP contribution in [-0.2, 0) is 6.42 Å². The topological polar surface area (TPSA) is 35.5 Å². The number of piperidine rings is 1. The maximum atomic E-state index is 13.0. The molecule has 3 rings (SSSR count). The van der Waals surface area contributed by atoms with Crippen LogP contribution in [0.15, 0.2) is 24.3 Å². The molecule has 1 saturated carbocycles. The van der Waals surface area contributed by atoms with Gasteiger partial charge in [-0.05, 0) is 56.7 Å². The predicted molar refractivity (Wildman–Crippen MR) is 95.6 cm³/mol. The molecule has 1 aliphatic carbocycles. The minimum Gasteiger partial charge on any atom is -0.391 e. The third kappa shape index (κ3) is 4.78. The van der Waals surface area contributed by atoms with Crippen LogP contribution in [0.3, 0.4) is 0 Å². The van der Waals surface area contributed by atoms with E-state index in [1.54, 1.807) is 0 Å². The monoisotopic (exact) mass is 334 g/mol. The predicted octanol–water partition coefficient (Wildman–Crippen LogP) is 3.11. The van der Waals surface area contributed by atoms with E-state index in [9.17, 15) is 9.50 Å². The van der Waals surface area contributed by atoms with Gasteiger partial charge in [0.15, 0.2) is 0 Å². The second-order valence-electron chi connectivity index (χ2n) is 7.63. The smallest absolute Gasteiger partial charge is 0.123 e. The van der Waals surface area contributed by atoms with Crippen LogP contribution in [0, 0.1) is 5.82 Å². The molecule has 2 N–H and O–H groups in total. The van der Waals surface area contributed by atoms with Gasteiger partial charge in [0.2, 0.25) is 0 Å². The summed E-state index contributed by atoms with van der Waals surface area (Å²) < 4.78 is 13.0. The van der Waals surface area contributed by atoms with Gasteiger partial charge in [-0.25, -0.2) is 4.39 Å². The standard InChI is InChI=1S/C20H31FN2O/c1-15(14-16-6-8-17(21)9-7-16)22-18-10-12-23(13-11-18)19-4-2-3-5-20(19)24/h6-9,15,18-20,22,24H,2-5,10-14H2,1H3. The number of halogens is 1. The zero-order valence-electron chi connectivity index (χ0n) is 14.8. The van der Waals surface area contributed by atoms with Gasteiger partial charge < -0.3 is 10.4 Å². The average Bonchev–Trinajstić information content (AvgIpc) is 2.58. The molecule has 1 aromatic rings. The number of nitrogens with one attached hydrogen (secondary N) is 1. The van der Waals surface area contributed by atoms with Crippen molar-refractivity contribution in [1.82, 2.24) is 10.2 Å². The summed E-state index contributed by atoms with van der Waals surface area (Å²) in [6.45, 7) is 4.38. The van der Waals surface area contributed by atoms with Crippen LogP contribution in [0.4, 0.5) is 4.39 Å².